The minimum absolute atomic E-state index is 0.221. The van der Waals surface area contributed by atoms with Gasteiger partial charge in [0, 0.05) is 38.9 Å². The zero-order chi connectivity index (χ0) is 13.2. The van der Waals surface area contributed by atoms with Gasteiger partial charge in [-0.05, 0) is 26.3 Å². The summed E-state index contributed by atoms with van der Waals surface area (Å²) in [6, 6.07) is 0. The number of amides is 1. The normalized spacial score (nSPS) is 23.9. The van der Waals surface area contributed by atoms with Crippen molar-refractivity contribution >= 4 is 5.91 Å². The van der Waals surface area contributed by atoms with Gasteiger partial charge in [0.2, 0.25) is 5.91 Å². The highest BCUT2D eigenvalue weighted by molar-refractivity contribution is 5.82. The van der Waals surface area contributed by atoms with Crippen molar-refractivity contribution < 1.29 is 4.79 Å². The molecule has 1 aliphatic heterocycles. The summed E-state index contributed by atoms with van der Waals surface area (Å²) in [6.45, 7) is 4.49. The Morgan fingerprint density at radius 1 is 1.67 bits per heavy atom. The largest absolute Gasteiger partial charge is 0.341 e. The number of rotatable bonds is 3. The number of carbonyl (C=O) groups excluding carboxylic acids is 1. The van der Waals surface area contributed by atoms with E-state index in [0.29, 0.717) is 6.54 Å². The molecule has 1 unspecified atom stereocenters. The number of piperidine rings is 1. The van der Waals surface area contributed by atoms with E-state index < -0.39 is 0 Å². The Balaban J connectivity index is 1.99. The third-order valence-electron chi connectivity index (χ3n) is 3.64. The number of carbonyl (C=O) groups is 1. The van der Waals surface area contributed by atoms with Crippen molar-refractivity contribution in [1.29, 1.82) is 0 Å². The van der Waals surface area contributed by atoms with Crippen molar-refractivity contribution in [2.75, 3.05) is 20.1 Å². The van der Waals surface area contributed by atoms with Crippen LogP contribution in [0.15, 0.2) is 12.4 Å². The van der Waals surface area contributed by atoms with Crippen LogP contribution in [0.25, 0.3) is 0 Å². The Hall–Kier alpha value is -1.36. The van der Waals surface area contributed by atoms with E-state index in [9.17, 15) is 4.79 Å². The SMILES string of the molecule is CN(Cc1cnn(C)c1)C(=O)C1(C)CCCNC1. The topological polar surface area (TPSA) is 50.2 Å². The molecule has 1 N–H and O–H groups in total. The lowest BCUT2D eigenvalue weighted by molar-refractivity contribution is -0.141. The summed E-state index contributed by atoms with van der Waals surface area (Å²) < 4.78 is 1.76. The van der Waals surface area contributed by atoms with Crippen molar-refractivity contribution in [1.82, 2.24) is 20.0 Å². The molecule has 1 aromatic rings. The Morgan fingerprint density at radius 3 is 3.00 bits per heavy atom. The van der Waals surface area contributed by atoms with Crippen LogP contribution in [-0.2, 0) is 18.4 Å². The molecular weight excluding hydrogens is 228 g/mol. The second-order valence-electron chi connectivity index (χ2n) is 5.52. The Bertz CT molecular complexity index is 420. The van der Waals surface area contributed by atoms with E-state index in [4.69, 9.17) is 0 Å². The number of hydrogen-bond donors (Lipinski definition) is 1. The molecule has 0 saturated carbocycles. The standard InChI is InChI=1S/C13H22N4O/c1-13(5-4-6-14-10-13)12(18)16(2)8-11-7-15-17(3)9-11/h7,9,14H,4-6,8,10H2,1-3H3. The fraction of sp³-hybridized carbons (Fsp3) is 0.692. The molecule has 1 aromatic heterocycles. The second kappa shape index (κ2) is 5.10. The molecular formula is C13H22N4O. The summed E-state index contributed by atoms with van der Waals surface area (Å²) in [4.78, 5) is 14.3. The Morgan fingerprint density at radius 2 is 2.44 bits per heavy atom. The molecule has 1 amide bonds. The summed E-state index contributed by atoms with van der Waals surface area (Å²) in [6.07, 6.45) is 5.80. The lowest BCUT2D eigenvalue weighted by Gasteiger charge is -2.35. The fourth-order valence-corrected chi connectivity index (χ4v) is 2.60. The van der Waals surface area contributed by atoms with E-state index in [2.05, 4.69) is 17.3 Å². The molecule has 5 heteroatoms. The van der Waals surface area contributed by atoms with Gasteiger partial charge in [0.05, 0.1) is 11.6 Å². The van der Waals surface area contributed by atoms with Gasteiger partial charge in [0.25, 0.3) is 0 Å². The third kappa shape index (κ3) is 2.72. The van der Waals surface area contributed by atoms with Crippen LogP contribution >= 0.6 is 0 Å². The second-order valence-corrected chi connectivity index (χ2v) is 5.52. The van der Waals surface area contributed by atoms with Crippen LogP contribution in [0, 0.1) is 5.41 Å². The number of hydrogen-bond acceptors (Lipinski definition) is 3. The zero-order valence-corrected chi connectivity index (χ0v) is 11.4. The van der Waals surface area contributed by atoms with Crippen molar-refractivity contribution in [3.63, 3.8) is 0 Å². The van der Waals surface area contributed by atoms with Crippen LogP contribution in [0.2, 0.25) is 0 Å². The summed E-state index contributed by atoms with van der Waals surface area (Å²) in [7, 11) is 3.76. The van der Waals surface area contributed by atoms with E-state index in [0.717, 1.165) is 31.5 Å². The molecule has 0 spiro atoms. The van der Waals surface area contributed by atoms with E-state index in [1.54, 1.807) is 4.68 Å². The van der Waals surface area contributed by atoms with E-state index >= 15 is 0 Å². The number of aryl methyl sites for hydroxylation is 1. The summed E-state index contributed by atoms with van der Waals surface area (Å²) in [5.41, 5.74) is 0.815. The van der Waals surface area contributed by atoms with Gasteiger partial charge in [-0.2, -0.15) is 5.10 Å². The predicted octanol–water partition coefficient (Wildman–Crippen LogP) is 0.768. The molecule has 0 aromatic carbocycles. The van der Waals surface area contributed by atoms with Gasteiger partial charge in [-0.1, -0.05) is 0 Å². The molecule has 2 heterocycles. The molecule has 1 aliphatic rings. The molecule has 2 rings (SSSR count). The number of nitrogens with one attached hydrogen (secondary N) is 1. The minimum Gasteiger partial charge on any atom is -0.341 e. The van der Waals surface area contributed by atoms with Gasteiger partial charge in [0.15, 0.2) is 0 Å². The number of aromatic nitrogens is 2. The average molecular weight is 250 g/mol. The molecule has 0 aliphatic carbocycles. The molecule has 5 nitrogen and oxygen atoms in total. The maximum Gasteiger partial charge on any atom is 0.229 e. The first-order valence-electron chi connectivity index (χ1n) is 6.45. The van der Waals surface area contributed by atoms with Gasteiger partial charge in [-0.3, -0.25) is 9.48 Å². The summed E-state index contributed by atoms with van der Waals surface area (Å²) in [5.74, 6) is 0.221. The highest BCUT2D eigenvalue weighted by Crippen LogP contribution is 2.28. The van der Waals surface area contributed by atoms with Crippen LogP contribution in [0.5, 0.6) is 0 Å². The highest BCUT2D eigenvalue weighted by atomic mass is 16.2. The van der Waals surface area contributed by atoms with Gasteiger partial charge in [-0.25, -0.2) is 0 Å². The fourth-order valence-electron chi connectivity index (χ4n) is 2.60. The van der Waals surface area contributed by atoms with Crippen molar-refractivity contribution in [3.05, 3.63) is 18.0 Å². The molecule has 1 saturated heterocycles. The molecule has 1 atom stereocenters. The molecule has 0 bridgehead atoms. The highest BCUT2D eigenvalue weighted by Gasteiger charge is 2.36. The molecule has 1 fully saturated rings. The summed E-state index contributed by atoms with van der Waals surface area (Å²) >= 11 is 0. The van der Waals surface area contributed by atoms with Crippen LogP contribution in [0.3, 0.4) is 0 Å². The zero-order valence-electron chi connectivity index (χ0n) is 11.4. The van der Waals surface area contributed by atoms with E-state index in [1.807, 2.05) is 31.4 Å². The lowest BCUT2D eigenvalue weighted by Crippen LogP contribution is -2.48. The van der Waals surface area contributed by atoms with Gasteiger partial charge in [-0.15, -0.1) is 0 Å². The monoisotopic (exact) mass is 250 g/mol. The third-order valence-corrected chi connectivity index (χ3v) is 3.64. The average Bonchev–Trinajstić information content (AvgIpc) is 2.74. The predicted molar refractivity (Wildman–Crippen MR) is 69.9 cm³/mol. The first kappa shape index (κ1) is 13.1. The number of nitrogens with zero attached hydrogens (tertiary/aromatic N) is 3. The molecule has 18 heavy (non-hydrogen) atoms. The van der Waals surface area contributed by atoms with Crippen molar-refractivity contribution in [2.45, 2.75) is 26.3 Å². The van der Waals surface area contributed by atoms with E-state index in [1.165, 1.54) is 0 Å². The van der Waals surface area contributed by atoms with Crippen LogP contribution in [0.1, 0.15) is 25.3 Å². The van der Waals surface area contributed by atoms with Crippen LogP contribution < -0.4 is 5.32 Å². The molecule has 0 radical (unpaired) electrons. The maximum absolute atomic E-state index is 12.5. The van der Waals surface area contributed by atoms with Gasteiger partial charge in [0.1, 0.15) is 0 Å². The van der Waals surface area contributed by atoms with Crippen molar-refractivity contribution in [3.8, 4) is 0 Å². The first-order chi connectivity index (χ1) is 8.51. The van der Waals surface area contributed by atoms with Gasteiger partial charge < -0.3 is 10.2 Å². The molecule has 100 valence electrons. The van der Waals surface area contributed by atoms with Crippen LogP contribution in [0.4, 0.5) is 0 Å². The smallest absolute Gasteiger partial charge is 0.229 e. The van der Waals surface area contributed by atoms with Gasteiger partial charge >= 0.3 is 0 Å². The lowest BCUT2D eigenvalue weighted by atomic mass is 9.81. The quantitative estimate of drug-likeness (QED) is 0.862. The first-order valence-corrected chi connectivity index (χ1v) is 6.45. The van der Waals surface area contributed by atoms with Crippen molar-refractivity contribution in [2.24, 2.45) is 12.5 Å². The Labute approximate surface area is 108 Å². The maximum atomic E-state index is 12.5. The summed E-state index contributed by atoms with van der Waals surface area (Å²) in [5, 5.41) is 7.44. The van der Waals surface area contributed by atoms with E-state index in [-0.39, 0.29) is 11.3 Å². The Kier molecular flexibility index (Phi) is 3.71. The minimum atomic E-state index is -0.255. The van der Waals surface area contributed by atoms with Crippen LogP contribution in [-0.4, -0.2) is 40.7 Å².